The summed E-state index contributed by atoms with van der Waals surface area (Å²) in [5.74, 6) is 0.829. The third-order valence-electron chi connectivity index (χ3n) is 5.70. The van der Waals surface area contributed by atoms with Crippen molar-refractivity contribution in [2.75, 3.05) is 5.88 Å². The number of alkyl halides is 1. The van der Waals surface area contributed by atoms with E-state index in [2.05, 4.69) is 20.1 Å². The summed E-state index contributed by atoms with van der Waals surface area (Å²) >= 11 is 6.31. The number of unbranched alkanes of at least 4 members (excludes halogenated alkanes) is 14. The molecule has 0 aliphatic carbocycles. The molecule has 0 aromatic heterocycles. The molecule has 0 rings (SSSR count). The molecule has 0 unspecified atom stereocenters. The van der Waals surface area contributed by atoms with Crippen molar-refractivity contribution in [1.29, 1.82) is 0 Å². The molecule has 0 radical (unpaired) electrons. The Labute approximate surface area is 170 Å². The Hall–Kier alpha value is -0.230. The lowest BCUT2D eigenvalue weighted by molar-refractivity contribution is 0.287. The second-order valence-electron chi connectivity index (χ2n) is 8.55. The van der Waals surface area contributed by atoms with Crippen molar-refractivity contribution in [2.45, 2.75) is 122 Å². The van der Waals surface area contributed by atoms with Crippen LogP contribution in [0.25, 0.3) is 0 Å². The van der Waals surface area contributed by atoms with Gasteiger partial charge < -0.3 is 0 Å². The Bertz CT molecular complexity index is 281. The van der Waals surface area contributed by atoms with Crippen LogP contribution < -0.4 is 0 Å². The summed E-state index contributed by atoms with van der Waals surface area (Å²) < 4.78 is 0. The fraction of sp³-hybridized carbons (Fsp3) is 0.840. The SMILES string of the molecule is C=CCCCCCCCCCC(C)(CCl)CCCCCCCCCC=C. The quantitative estimate of drug-likeness (QED) is 0.105. The van der Waals surface area contributed by atoms with Crippen LogP contribution in [-0.2, 0) is 0 Å². The highest BCUT2D eigenvalue weighted by atomic mass is 35.5. The molecule has 0 bridgehead atoms. The summed E-state index contributed by atoms with van der Waals surface area (Å²) in [5.41, 5.74) is 0.371. The van der Waals surface area contributed by atoms with Crippen LogP contribution >= 0.6 is 11.6 Å². The van der Waals surface area contributed by atoms with Gasteiger partial charge in [0.05, 0.1) is 0 Å². The summed E-state index contributed by atoms with van der Waals surface area (Å²) in [6.45, 7) is 9.98. The van der Waals surface area contributed by atoms with Gasteiger partial charge in [-0.3, -0.25) is 0 Å². The van der Waals surface area contributed by atoms with E-state index in [0.29, 0.717) is 5.41 Å². The number of rotatable bonds is 21. The predicted octanol–water partition coefficient (Wildman–Crippen LogP) is 9.63. The largest absolute Gasteiger partial charge is 0.126 e. The highest BCUT2D eigenvalue weighted by Crippen LogP contribution is 2.32. The van der Waals surface area contributed by atoms with Crippen LogP contribution in [0.1, 0.15) is 122 Å². The van der Waals surface area contributed by atoms with Gasteiger partial charge >= 0.3 is 0 Å². The summed E-state index contributed by atoms with van der Waals surface area (Å²) in [7, 11) is 0. The maximum atomic E-state index is 6.31. The van der Waals surface area contributed by atoms with E-state index in [0.717, 1.165) is 5.88 Å². The van der Waals surface area contributed by atoms with Gasteiger partial charge in [-0.05, 0) is 43.9 Å². The molecule has 1 heteroatoms. The molecule has 0 saturated heterocycles. The fourth-order valence-electron chi connectivity index (χ4n) is 3.71. The molecular weight excluding hydrogens is 336 g/mol. The third-order valence-corrected chi connectivity index (χ3v) is 6.34. The first-order valence-electron chi connectivity index (χ1n) is 11.5. The maximum Gasteiger partial charge on any atom is 0.0277 e. The summed E-state index contributed by atoms with van der Waals surface area (Å²) in [6, 6.07) is 0. The first kappa shape index (κ1) is 25.8. The van der Waals surface area contributed by atoms with Gasteiger partial charge in [-0.25, -0.2) is 0 Å². The van der Waals surface area contributed by atoms with E-state index in [1.54, 1.807) is 0 Å². The van der Waals surface area contributed by atoms with Gasteiger partial charge in [-0.2, -0.15) is 0 Å². The topological polar surface area (TPSA) is 0 Å². The van der Waals surface area contributed by atoms with Crippen molar-refractivity contribution in [3.63, 3.8) is 0 Å². The van der Waals surface area contributed by atoms with E-state index in [1.165, 1.54) is 116 Å². The molecule has 0 amide bonds. The van der Waals surface area contributed by atoms with Gasteiger partial charge in [0, 0.05) is 5.88 Å². The second kappa shape index (κ2) is 19.5. The molecular formula is C25H47Cl. The lowest BCUT2D eigenvalue weighted by Gasteiger charge is -2.27. The summed E-state index contributed by atoms with van der Waals surface area (Å²) in [6.07, 6.45) is 28.4. The van der Waals surface area contributed by atoms with E-state index < -0.39 is 0 Å². The van der Waals surface area contributed by atoms with Crippen molar-refractivity contribution >= 4 is 11.6 Å². The molecule has 0 aliphatic rings. The van der Waals surface area contributed by atoms with Gasteiger partial charge in [-0.1, -0.05) is 96.1 Å². The molecule has 0 nitrogen and oxygen atoms in total. The highest BCUT2D eigenvalue weighted by molar-refractivity contribution is 6.18. The van der Waals surface area contributed by atoms with Crippen molar-refractivity contribution in [3.05, 3.63) is 25.3 Å². The van der Waals surface area contributed by atoms with Crippen LogP contribution in [0.15, 0.2) is 25.3 Å². The van der Waals surface area contributed by atoms with Crippen molar-refractivity contribution in [2.24, 2.45) is 5.41 Å². The molecule has 0 heterocycles. The van der Waals surface area contributed by atoms with E-state index >= 15 is 0 Å². The number of halogens is 1. The molecule has 0 fully saturated rings. The zero-order chi connectivity index (χ0) is 19.3. The monoisotopic (exact) mass is 382 g/mol. The summed E-state index contributed by atoms with van der Waals surface area (Å²) in [4.78, 5) is 0. The van der Waals surface area contributed by atoms with Gasteiger partial charge in [0.2, 0.25) is 0 Å². The van der Waals surface area contributed by atoms with Gasteiger partial charge in [0.25, 0.3) is 0 Å². The van der Waals surface area contributed by atoms with Crippen LogP contribution in [-0.4, -0.2) is 5.88 Å². The Morgan fingerprint density at radius 3 is 1.19 bits per heavy atom. The zero-order valence-corrected chi connectivity index (χ0v) is 18.6. The first-order chi connectivity index (χ1) is 12.7. The smallest absolute Gasteiger partial charge is 0.0277 e. The number of hydrogen-bond donors (Lipinski definition) is 0. The summed E-state index contributed by atoms with van der Waals surface area (Å²) in [5, 5.41) is 0. The lowest BCUT2D eigenvalue weighted by Crippen LogP contribution is -2.18. The fourth-order valence-corrected chi connectivity index (χ4v) is 3.97. The van der Waals surface area contributed by atoms with E-state index in [9.17, 15) is 0 Å². The molecule has 154 valence electrons. The van der Waals surface area contributed by atoms with E-state index in [4.69, 9.17) is 11.6 Å². The van der Waals surface area contributed by atoms with Crippen LogP contribution in [0.4, 0.5) is 0 Å². The lowest BCUT2D eigenvalue weighted by atomic mass is 9.81. The first-order valence-corrected chi connectivity index (χ1v) is 12.0. The van der Waals surface area contributed by atoms with Crippen molar-refractivity contribution < 1.29 is 0 Å². The normalized spacial score (nSPS) is 11.6. The molecule has 0 spiro atoms. The molecule has 0 aromatic carbocycles. The molecule has 0 atom stereocenters. The minimum absolute atomic E-state index is 0.371. The van der Waals surface area contributed by atoms with E-state index in [1.807, 2.05) is 12.2 Å². The standard InChI is InChI=1S/C25H47Cl/c1-4-6-8-10-12-14-16-18-20-22-25(3,24-26)23-21-19-17-15-13-11-9-7-5-2/h4-5H,1-2,6-24H2,3H3. The Morgan fingerprint density at radius 1 is 0.577 bits per heavy atom. The number of allylic oxidation sites excluding steroid dienone is 2. The highest BCUT2D eigenvalue weighted by Gasteiger charge is 2.21. The van der Waals surface area contributed by atoms with Crippen molar-refractivity contribution in [3.8, 4) is 0 Å². The molecule has 0 N–H and O–H groups in total. The van der Waals surface area contributed by atoms with Gasteiger partial charge in [-0.15, -0.1) is 24.8 Å². The molecule has 0 aromatic rings. The maximum absolute atomic E-state index is 6.31. The number of hydrogen-bond acceptors (Lipinski definition) is 0. The van der Waals surface area contributed by atoms with Crippen LogP contribution in [0, 0.1) is 5.41 Å². The Morgan fingerprint density at radius 2 is 0.885 bits per heavy atom. The van der Waals surface area contributed by atoms with Crippen LogP contribution in [0.2, 0.25) is 0 Å². The third kappa shape index (κ3) is 17.2. The predicted molar refractivity (Wildman–Crippen MR) is 122 cm³/mol. The minimum Gasteiger partial charge on any atom is -0.126 e. The molecule has 26 heavy (non-hydrogen) atoms. The van der Waals surface area contributed by atoms with E-state index in [-0.39, 0.29) is 0 Å². The van der Waals surface area contributed by atoms with Gasteiger partial charge in [0.15, 0.2) is 0 Å². The molecule has 0 saturated carbocycles. The molecule has 0 aliphatic heterocycles. The Kier molecular flexibility index (Phi) is 19.4. The average molecular weight is 383 g/mol. The minimum atomic E-state index is 0.371. The Balaban J connectivity index is 3.52. The zero-order valence-electron chi connectivity index (χ0n) is 17.9. The second-order valence-corrected chi connectivity index (χ2v) is 8.82. The van der Waals surface area contributed by atoms with Crippen molar-refractivity contribution in [1.82, 2.24) is 0 Å². The van der Waals surface area contributed by atoms with Gasteiger partial charge in [0.1, 0.15) is 0 Å². The van der Waals surface area contributed by atoms with Crippen LogP contribution in [0.3, 0.4) is 0 Å². The average Bonchev–Trinajstić information content (AvgIpc) is 2.65. The van der Waals surface area contributed by atoms with Crippen LogP contribution in [0.5, 0.6) is 0 Å².